The Morgan fingerprint density at radius 2 is 1.83 bits per heavy atom. The van der Waals surface area contributed by atoms with Crippen molar-refractivity contribution < 1.29 is 13.7 Å². The van der Waals surface area contributed by atoms with Crippen LogP contribution in [0.25, 0.3) is 22.8 Å². The molecule has 2 heterocycles. The molecule has 1 N–H and O–H groups in total. The minimum absolute atomic E-state index is 0.0613. The normalized spacial score (nSPS) is 10.7. The number of carbonyl (C=O) groups excluding carboxylic acids is 1. The quantitative estimate of drug-likeness (QED) is 0.475. The third-order valence-corrected chi connectivity index (χ3v) is 4.75. The molecule has 1 amide bonds. The first-order valence-electron chi connectivity index (χ1n) is 8.84. The van der Waals surface area contributed by atoms with Crippen LogP contribution in [0.4, 0.5) is 10.1 Å². The van der Waals surface area contributed by atoms with Crippen molar-refractivity contribution in [1.82, 2.24) is 14.7 Å². The Morgan fingerprint density at radius 3 is 2.57 bits per heavy atom. The van der Waals surface area contributed by atoms with Crippen molar-refractivity contribution in [1.29, 1.82) is 0 Å². The standard InChI is InChI=1S/C21H14BrFN4O3/c22-14-5-3-13(4-6-14)19-25-20(30-26-19)17-2-1-11-27(21(17)29)12-18(28)24-16-9-7-15(23)8-10-16/h1-11H,12H2,(H,24,28). The fraction of sp³-hybridized carbons (Fsp3) is 0.0476. The molecular formula is C21H14BrFN4O3. The third-order valence-electron chi connectivity index (χ3n) is 4.22. The number of nitrogens with one attached hydrogen (secondary N) is 1. The lowest BCUT2D eigenvalue weighted by Crippen LogP contribution is -2.28. The third kappa shape index (κ3) is 4.36. The Labute approximate surface area is 178 Å². The van der Waals surface area contributed by atoms with E-state index < -0.39 is 17.3 Å². The van der Waals surface area contributed by atoms with E-state index in [1.807, 2.05) is 24.3 Å². The maximum atomic E-state index is 13.0. The van der Waals surface area contributed by atoms with Gasteiger partial charge in [0.2, 0.25) is 11.7 Å². The van der Waals surface area contributed by atoms with E-state index >= 15 is 0 Å². The van der Waals surface area contributed by atoms with Gasteiger partial charge in [-0.05, 0) is 60.7 Å². The highest BCUT2D eigenvalue weighted by Crippen LogP contribution is 2.22. The van der Waals surface area contributed by atoms with Crippen LogP contribution in [0.1, 0.15) is 0 Å². The summed E-state index contributed by atoms with van der Waals surface area (Å²) in [4.78, 5) is 29.4. The number of aromatic nitrogens is 3. The zero-order chi connectivity index (χ0) is 21.1. The second-order valence-electron chi connectivity index (χ2n) is 6.34. The molecule has 0 saturated heterocycles. The first kappa shape index (κ1) is 19.7. The van der Waals surface area contributed by atoms with Crippen LogP contribution in [-0.2, 0) is 11.3 Å². The van der Waals surface area contributed by atoms with E-state index in [0.717, 1.165) is 10.0 Å². The van der Waals surface area contributed by atoms with Crippen molar-refractivity contribution >= 4 is 27.5 Å². The molecule has 0 spiro atoms. The number of nitrogens with zero attached hydrogens (tertiary/aromatic N) is 3. The first-order chi connectivity index (χ1) is 14.5. The van der Waals surface area contributed by atoms with E-state index in [1.165, 1.54) is 35.0 Å². The molecule has 0 aliphatic heterocycles. The number of anilines is 1. The van der Waals surface area contributed by atoms with Crippen LogP contribution in [0.3, 0.4) is 0 Å². The molecule has 150 valence electrons. The first-order valence-corrected chi connectivity index (χ1v) is 9.64. The summed E-state index contributed by atoms with van der Waals surface area (Å²) in [5, 5.41) is 6.54. The number of hydrogen-bond donors (Lipinski definition) is 1. The van der Waals surface area contributed by atoms with Gasteiger partial charge in [0.15, 0.2) is 0 Å². The Bertz CT molecular complexity index is 1250. The zero-order valence-electron chi connectivity index (χ0n) is 15.4. The Hall–Kier alpha value is -3.59. The lowest BCUT2D eigenvalue weighted by atomic mass is 10.2. The van der Waals surface area contributed by atoms with E-state index in [0.29, 0.717) is 11.5 Å². The van der Waals surface area contributed by atoms with E-state index in [1.54, 1.807) is 12.1 Å². The monoisotopic (exact) mass is 468 g/mol. The lowest BCUT2D eigenvalue weighted by molar-refractivity contribution is -0.116. The smallest absolute Gasteiger partial charge is 0.263 e. The molecule has 0 radical (unpaired) electrons. The summed E-state index contributed by atoms with van der Waals surface area (Å²) in [6, 6.07) is 15.9. The van der Waals surface area contributed by atoms with Gasteiger partial charge in [-0.25, -0.2) is 4.39 Å². The molecule has 2 aromatic carbocycles. The molecule has 2 aromatic heterocycles. The van der Waals surface area contributed by atoms with Gasteiger partial charge in [-0.2, -0.15) is 4.98 Å². The van der Waals surface area contributed by atoms with Gasteiger partial charge in [0.25, 0.3) is 11.4 Å². The van der Waals surface area contributed by atoms with Gasteiger partial charge in [0, 0.05) is 21.9 Å². The number of hydrogen-bond acceptors (Lipinski definition) is 5. The molecule has 0 bridgehead atoms. The summed E-state index contributed by atoms with van der Waals surface area (Å²) >= 11 is 3.36. The van der Waals surface area contributed by atoms with Crippen molar-refractivity contribution in [3.63, 3.8) is 0 Å². The van der Waals surface area contributed by atoms with Crippen LogP contribution in [-0.4, -0.2) is 20.6 Å². The maximum Gasteiger partial charge on any atom is 0.263 e. The second kappa shape index (κ2) is 8.42. The lowest BCUT2D eigenvalue weighted by Gasteiger charge is -2.08. The second-order valence-corrected chi connectivity index (χ2v) is 7.26. The largest absolute Gasteiger partial charge is 0.333 e. The van der Waals surface area contributed by atoms with E-state index in [-0.39, 0.29) is 18.0 Å². The number of rotatable bonds is 5. The molecule has 0 saturated carbocycles. The average molecular weight is 469 g/mol. The summed E-state index contributed by atoms with van der Waals surface area (Å²) < 4.78 is 20.4. The molecule has 4 aromatic rings. The molecule has 30 heavy (non-hydrogen) atoms. The molecule has 0 aliphatic carbocycles. The predicted molar refractivity (Wildman–Crippen MR) is 112 cm³/mol. The molecule has 0 atom stereocenters. The van der Waals surface area contributed by atoms with Gasteiger partial charge >= 0.3 is 0 Å². The topological polar surface area (TPSA) is 90.0 Å². The summed E-state index contributed by atoms with van der Waals surface area (Å²) in [6.45, 7) is -0.224. The maximum absolute atomic E-state index is 13.0. The Morgan fingerprint density at radius 1 is 1.10 bits per heavy atom. The fourth-order valence-electron chi connectivity index (χ4n) is 2.76. The molecular weight excluding hydrogens is 455 g/mol. The van der Waals surface area contributed by atoms with Crippen molar-refractivity contribution in [3.05, 3.63) is 87.5 Å². The Balaban J connectivity index is 1.54. The van der Waals surface area contributed by atoms with Gasteiger partial charge < -0.3 is 14.4 Å². The molecule has 0 aliphatic rings. The van der Waals surface area contributed by atoms with Crippen LogP contribution in [0.5, 0.6) is 0 Å². The highest BCUT2D eigenvalue weighted by molar-refractivity contribution is 9.10. The van der Waals surface area contributed by atoms with Crippen LogP contribution in [0.15, 0.2) is 80.7 Å². The minimum Gasteiger partial charge on any atom is -0.333 e. The number of pyridine rings is 1. The Kier molecular flexibility index (Phi) is 5.53. The fourth-order valence-corrected chi connectivity index (χ4v) is 3.03. The number of carbonyl (C=O) groups is 1. The van der Waals surface area contributed by atoms with E-state index in [2.05, 4.69) is 31.4 Å². The van der Waals surface area contributed by atoms with E-state index in [9.17, 15) is 14.0 Å². The van der Waals surface area contributed by atoms with Crippen molar-refractivity contribution in [3.8, 4) is 22.8 Å². The summed E-state index contributed by atoms with van der Waals surface area (Å²) in [5.74, 6) is -0.423. The molecule has 7 nitrogen and oxygen atoms in total. The summed E-state index contributed by atoms with van der Waals surface area (Å²) in [6.07, 6.45) is 1.49. The zero-order valence-corrected chi connectivity index (χ0v) is 17.0. The number of halogens is 2. The highest BCUT2D eigenvalue weighted by Gasteiger charge is 2.16. The molecule has 0 unspecified atom stereocenters. The van der Waals surface area contributed by atoms with Crippen LogP contribution in [0.2, 0.25) is 0 Å². The summed E-state index contributed by atoms with van der Waals surface area (Å²) in [7, 11) is 0. The van der Waals surface area contributed by atoms with Crippen molar-refractivity contribution in [2.75, 3.05) is 5.32 Å². The van der Waals surface area contributed by atoms with Gasteiger partial charge in [0.1, 0.15) is 17.9 Å². The molecule has 9 heteroatoms. The van der Waals surface area contributed by atoms with E-state index in [4.69, 9.17) is 4.52 Å². The average Bonchev–Trinajstić information content (AvgIpc) is 3.22. The van der Waals surface area contributed by atoms with Crippen molar-refractivity contribution in [2.24, 2.45) is 0 Å². The molecule has 4 rings (SSSR count). The number of benzene rings is 2. The van der Waals surface area contributed by atoms with Gasteiger partial charge in [-0.1, -0.05) is 21.1 Å². The van der Waals surface area contributed by atoms with Crippen LogP contribution >= 0.6 is 15.9 Å². The van der Waals surface area contributed by atoms with Crippen LogP contribution < -0.4 is 10.9 Å². The predicted octanol–water partition coefficient (Wildman–Crippen LogP) is 4.11. The highest BCUT2D eigenvalue weighted by atomic mass is 79.9. The summed E-state index contributed by atoms with van der Waals surface area (Å²) in [5.41, 5.74) is 0.908. The van der Waals surface area contributed by atoms with Gasteiger partial charge in [-0.3, -0.25) is 9.59 Å². The van der Waals surface area contributed by atoms with Crippen molar-refractivity contribution in [2.45, 2.75) is 6.54 Å². The number of amides is 1. The van der Waals surface area contributed by atoms with Crippen LogP contribution in [0, 0.1) is 5.82 Å². The van der Waals surface area contributed by atoms with Gasteiger partial charge in [-0.15, -0.1) is 0 Å². The molecule has 0 fully saturated rings. The SMILES string of the molecule is O=C(Cn1cccc(-c2nc(-c3ccc(Br)cc3)no2)c1=O)Nc1ccc(F)cc1. The van der Waals surface area contributed by atoms with Gasteiger partial charge in [0.05, 0.1) is 0 Å². The minimum atomic E-state index is -0.447.